The van der Waals surface area contributed by atoms with Crippen molar-refractivity contribution in [2.24, 2.45) is 0 Å². The molecule has 1 aromatic rings. The van der Waals surface area contributed by atoms with E-state index in [-0.39, 0.29) is 5.03 Å². The zero-order valence-electron chi connectivity index (χ0n) is 8.43. The summed E-state index contributed by atoms with van der Waals surface area (Å²) in [6, 6.07) is 9.51. The van der Waals surface area contributed by atoms with Crippen molar-refractivity contribution in [1.29, 1.82) is 0 Å². The summed E-state index contributed by atoms with van der Waals surface area (Å²) in [5, 5.41) is 0.222. The monoisotopic (exact) mass is 326 g/mol. The summed E-state index contributed by atoms with van der Waals surface area (Å²) in [4.78, 5) is 0. The molecule has 2 rings (SSSR count). The minimum Gasteiger partial charge on any atom is -0.0931 e. The van der Waals surface area contributed by atoms with Crippen LogP contribution in [0.4, 0.5) is 0 Å². The summed E-state index contributed by atoms with van der Waals surface area (Å²) >= 11 is 30.4. The standard InChI is InChI=1S/C12H7Cl5/c13-10-9(8-4-2-1-3-5-8)6-7-11(14,15)12(10,16)17/h1-7H. The number of rotatable bonds is 1. The maximum atomic E-state index is 6.19. The van der Waals surface area contributed by atoms with Gasteiger partial charge in [-0.1, -0.05) is 94.4 Å². The Labute approximate surface area is 125 Å². The van der Waals surface area contributed by atoms with Gasteiger partial charge in [0.05, 0.1) is 5.03 Å². The minimum atomic E-state index is -1.56. The molecule has 90 valence electrons. The van der Waals surface area contributed by atoms with Crippen LogP contribution < -0.4 is 0 Å². The lowest BCUT2D eigenvalue weighted by Crippen LogP contribution is -2.37. The lowest BCUT2D eigenvalue weighted by Gasteiger charge is -2.34. The Kier molecular flexibility index (Phi) is 3.74. The van der Waals surface area contributed by atoms with E-state index in [2.05, 4.69) is 0 Å². The van der Waals surface area contributed by atoms with Crippen LogP contribution in [0, 0.1) is 0 Å². The van der Waals surface area contributed by atoms with Crippen LogP contribution in [0.2, 0.25) is 0 Å². The first-order valence-corrected chi connectivity index (χ1v) is 6.66. The van der Waals surface area contributed by atoms with Gasteiger partial charge in [-0.05, 0) is 17.2 Å². The molecule has 0 N–H and O–H groups in total. The van der Waals surface area contributed by atoms with E-state index in [0.29, 0.717) is 5.57 Å². The van der Waals surface area contributed by atoms with Gasteiger partial charge in [-0.25, -0.2) is 0 Å². The largest absolute Gasteiger partial charge is 0.190 e. The Hall–Kier alpha value is 0.150. The topological polar surface area (TPSA) is 0 Å². The van der Waals surface area contributed by atoms with Crippen molar-refractivity contribution < 1.29 is 0 Å². The SMILES string of the molecule is ClC1=C(c2ccccc2)C=CC(Cl)(Cl)C1(Cl)Cl. The summed E-state index contributed by atoms with van der Waals surface area (Å²) in [6.45, 7) is 0. The number of allylic oxidation sites excluding steroid dienone is 4. The number of hydrogen-bond acceptors (Lipinski definition) is 0. The van der Waals surface area contributed by atoms with Crippen LogP contribution in [-0.2, 0) is 0 Å². The zero-order chi connectivity index (χ0) is 12.7. The third-order valence-corrected chi connectivity index (χ3v) is 5.34. The Bertz CT molecular complexity index is 485. The fourth-order valence-electron chi connectivity index (χ4n) is 1.52. The third kappa shape index (κ3) is 2.34. The van der Waals surface area contributed by atoms with Gasteiger partial charge in [0.1, 0.15) is 0 Å². The summed E-state index contributed by atoms with van der Waals surface area (Å²) in [6.07, 6.45) is 3.25. The van der Waals surface area contributed by atoms with Crippen molar-refractivity contribution in [3.63, 3.8) is 0 Å². The van der Waals surface area contributed by atoms with Gasteiger partial charge < -0.3 is 0 Å². The lowest BCUT2D eigenvalue weighted by molar-refractivity contribution is 0.884. The fourth-order valence-corrected chi connectivity index (χ4v) is 2.58. The molecule has 0 unspecified atom stereocenters. The minimum absolute atomic E-state index is 0.222. The van der Waals surface area contributed by atoms with Gasteiger partial charge in [0.15, 0.2) is 8.67 Å². The van der Waals surface area contributed by atoms with Crippen molar-refractivity contribution >= 4 is 63.6 Å². The highest BCUT2D eigenvalue weighted by Crippen LogP contribution is 2.54. The molecule has 0 spiro atoms. The molecule has 0 aromatic heterocycles. The van der Waals surface area contributed by atoms with Crippen LogP contribution in [-0.4, -0.2) is 8.67 Å². The Morgan fingerprint density at radius 3 is 2.06 bits per heavy atom. The van der Waals surface area contributed by atoms with Crippen molar-refractivity contribution in [3.05, 3.63) is 53.1 Å². The summed E-state index contributed by atoms with van der Waals surface area (Å²) in [5.41, 5.74) is 1.62. The first-order chi connectivity index (χ1) is 7.86. The molecule has 1 aromatic carbocycles. The zero-order valence-corrected chi connectivity index (χ0v) is 12.2. The highest BCUT2D eigenvalue weighted by Gasteiger charge is 2.50. The molecule has 17 heavy (non-hydrogen) atoms. The third-order valence-electron chi connectivity index (χ3n) is 2.47. The van der Waals surface area contributed by atoms with Crippen molar-refractivity contribution in [2.45, 2.75) is 8.67 Å². The Morgan fingerprint density at radius 1 is 0.882 bits per heavy atom. The van der Waals surface area contributed by atoms with Crippen LogP contribution in [0.5, 0.6) is 0 Å². The molecule has 0 fully saturated rings. The van der Waals surface area contributed by atoms with Crippen molar-refractivity contribution in [1.82, 2.24) is 0 Å². The van der Waals surface area contributed by atoms with Crippen molar-refractivity contribution in [3.8, 4) is 0 Å². The van der Waals surface area contributed by atoms with E-state index in [9.17, 15) is 0 Å². The molecule has 5 heteroatoms. The van der Waals surface area contributed by atoms with E-state index >= 15 is 0 Å². The van der Waals surface area contributed by atoms with Gasteiger partial charge in [0.25, 0.3) is 0 Å². The summed E-state index contributed by atoms with van der Waals surface area (Å²) < 4.78 is -3.00. The van der Waals surface area contributed by atoms with Gasteiger partial charge >= 0.3 is 0 Å². The molecule has 0 saturated heterocycles. The smallest absolute Gasteiger partial charge is 0.0931 e. The van der Waals surface area contributed by atoms with Crippen molar-refractivity contribution in [2.75, 3.05) is 0 Å². The normalized spacial score (nSPS) is 21.7. The predicted octanol–water partition coefficient (Wildman–Crippen LogP) is 5.55. The second kappa shape index (κ2) is 4.68. The van der Waals surface area contributed by atoms with E-state index in [4.69, 9.17) is 58.0 Å². The van der Waals surface area contributed by atoms with E-state index in [1.165, 1.54) is 6.08 Å². The van der Waals surface area contributed by atoms with E-state index in [1.54, 1.807) is 6.08 Å². The lowest BCUT2D eigenvalue weighted by atomic mass is 9.98. The molecule has 1 aliphatic carbocycles. The van der Waals surface area contributed by atoms with Crippen LogP contribution >= 0.6 is 58.0 Å². The van der Waals surface area contributed by atoms with E-state index in [0.717, 1.165) is 5.56 Å². The van der Waals surface area contributed by atoms with Gasteiger partial charge in [0.2, 0.25) is 0 Å². The van der Waals surface area contributed by atoms with Gasteiger partial charge in [-0.15, -0.1) is 0 Å². The summed E-state index contributed by atoms with van der Waals surface area (Å²) in [7, 11) is 0. The fraction of sp³-hybridized carbons (Fsp3) is 0.167. The van der Waals surface area contributed by atoms with E-state index < -0.39 is 8.67 Å². The maximum absolute atomic E-state index is 6.19. The molecule has 1 aliphatic rings. The Morgan fingerprint density at radius 2 is 1.47 bits per heavy atom. The predicted molar refractivity (Wildman–Crippen MR) is 77.2 cm³/mol. The highest BCUT2D eigenvalue weighted by atomic mass is 35.5. The number of alkyl halides is 4. The van der Waals surface area contributed by atoms with Crippen LogP contribution in [0.25, 0.3) is 5.57 Å². The number of benzene rings is 1. The summed E-state index contributed by atoms with van der Waals surface area (Å²) in [5.74, 6) is 0. The number of halogens is 5. The molecule has 0 amide bonds. The van der Waals surface area contributed by atoms with Gasteiger partial charge in [0, 0.05) is 0 Å². The molecular weight excluding hydrogens is 321 g/mol. The van der Waals surface area contributed by atoms with Gasteiger partial charge in [-0.3, -0.25) is 0 Å². The van der Waals surface area contributed by atoms with E-state index in [1.807, 2.05) is 30.3 Å². The van der Waals surface area contributed by atoms with Gasteiger partial charge in [-0.2, -0.15) is 0 Å². The molecular formula is C12H7Cl5. The molecule has 0 atom stereocenters. The first-order valence-electron chi connectivity index (χ1n) is 4.77. The molecule has 0 heterocycles. The average molecular weight is 328 g/mol. The Balaban J connectivity index is 2.55. The van der Waals surface area contributed by atoms with Crippen LogP contribution in [0.15, 0.2) is 47.5 Å². The molecule has 0 bridgehead atoms. The second-order valence-corrected chi connectivity index (χ2v) is 6.72. The molecule has 0 nitrogen and oxygen atoms in total. The second-order valence-electron chi connectivity index (χ2n) is 3.62. The van der Waals surface area contributed by atoms with Crippen LogP contribution in [0.3, 0.4) is 0 Å². The molecule has 0 saturated carbocycles. The average Bonchev–Trinajstić information content (AvgIpc) is 2.28. The molecule has 0 radical (unpaired) electrons. The number of hydrogen-bond donors (Lipinski definition) is 0. The maximum Gasteiger partial charge on any atom is 0.190 e. The highest BCUT2D eigenvalue weighted by molar-refractivity contribution is 6.68. The quantitative estimate of drug-likeness (QED) is 0.593. The molecule has 0 aliphatic heterocycles. The first kappa shape index (κ1) is 13.6. The van der Waals surface area contributed by atoms with Crippen LogP contribution in [0.1, 0.15) is 5.56 Å².